The van der Waals surface area contributed by atoms with Crippen molar-refractivity contribution in [3.05, 3.63) is 34.9 Å². The molecule has 0 amide bonds. The molecule has 0 saturated carbocycles. The minimum Gasteiger partial charge on any atom is -0.314 e. The van der Waals surface area contributed by atoms with Crippen LogP contribution in [0.1, 0.15) is 32.3 Å². The van der Waals surface area contributed by atoms with Gasteiger partial charge in [-0.2, -0.15) is 0 Å². The Balaban J connectivity index is 1.67. The molecule has 1 aliphatic rings. The second-order valence-corrected chi connectivity index (χ2v) is 6.33. The maximum atomic E-state index is 5.90. The Morgan fingerprint density at radius 1 is 1.25 bits per heavy atom. The molecule has 1 aromatic carbocycles. The van der Waals surface area contributed by atoms with Gasteiger partial charge in [-0.15, -0.1) is 0 Å². The van der Waals surface area contributed by atoms with Gasteiger partial charge < -0.3 is 10.2 Å². The van der Waals surface area contributed by atoms with Gasteiger partial charge in [-0.25, -0.2) is 0 Å². The fourth-order valence-electron chi connectivity index (χ4n) is 3.03. The van der Waals surface area contributed by atoms with Crippen LogP contribution in [0.3, 0.4) is 0 Å². The van der Waals surface area contributed by atoms with E-state index in [2.05, 4.69) is 36.2 Å². The van der Waals surface area contributed by atoms with E-state index in [0.717, 1.165) is 23.9 Å². The minimum absolute atomic E-state index is 0.626. The SMILES string of the molecule is CCN1CCC(C(C)NCCc2ccc(Cl)cc2)CC1. The van der Waals surface area contributed by atoms with Gasteiger partial charge >= 0.3 is 0 Å². The maximum absolute atomic E-state index is 5.90. The molecule has 112 valence electrons. The summed E-state index contributed by atoms with van der Waals surface area (Å²) in [4.78, 5) is 2.55. The fourth-order valence-corrected chi connectivity index (χ4v) is 3.16. The highest BCUT2D eigenvalue weighted by Crippen LogP contribution is 2.20. The van der Waals surface area contributed by atoms with Crippen LogP contribution in [0.4, 0.5) is 0 Å². The fraction of sp³-hybridized carbons (Fsp3) is 0.647. The van der Waals surface area contributed by atoms with Crippen LogP contribution in [0, 0.1) is 5.92 Å². The number of rotatable bonds is 6. The molecule has 1 N–H and O–H groups in total. The van der Waals surface area contributed by atoms with Gasteiger partial charge in [0, 0.05) is 11.1 Å². The zero-order valence-electron chi connectivity index (χ0n) is 12.7. The van der Waals surface area contributed by atoms with Gasteiger partial charge in [0.2, 0.25) is 0 Å². The molecular weight excluding hydrogens is 268 g/mol. The Hall–Kier alpha value is -0.570. The van der Waals surface area contributed by atoms with E-state index >= 15 is 0 Å². The number of nitrogens with zero attached hydrogens (tertiary/aromatic N) is 1. The topological polar surface area (TPSA) is 15.3 Å². The molecule has 1 atom stereocenters. The van der Waals surface area contributed by atoms with E-state index in [4.69, 9.17) is 11.6 Å². The van der Waals surface area contributed by atoms with Crippen molar-refractivity contribution in [1.29, 1.82) is 0 Å². The van der Waals surface area contributed by atoms with Crippen LogP contribution < -0.4 is 5.32 Å². The van der Waals surface area contributed by atoms with Crippen molar-refractivity contribution >= 4 is 11.6 Å². The highest BCUT2D eigenvalue weighted by Gasteiger charge is 2.22. The third-order valence-electron chi connectivity index (χ3n) is 4.58. The number of benzene rings is 1. The molecule has 0 bridgehead atoms. The summed E-state index contributed by atoms with van der Waals surface area (Å²) < 4.78 is 0. The van der Waals surface area contributed by atoms with Gasteiger partial charge in [0.15, 0.2) is 0 Å². The summed E-state index contributed by atoms with van der Waals surface area (Å²) in [6, 6.07) is 8.81. The number of nitrogens with one attached hydrogen (secondary N) is 1. The van der Waals surface area contributed by atoms with Crippen LogP contribution in [-0.2, 0) is 6.42 Å². The van der Waals surface area contributed by atoms with E-state index in [0.29, 0.717) is 6.04 Å². The van der Waals surface area contributed by atoms with Crippen molar-refractivity contribution in [2.45, 2.75) is 39.2 Å². The van der Waals surface area contributed by atoms with Crippen molar-refractivity contribution in [1.82, 2.24) is 10.2 Å². The van der Waals surface area contributed by atoms with Gasteiger partial charge in [0.25, 0.3) is 0 Å². The standard InChI is InChI=1S/C17H27ClN2/c1-3-20-12-9-16(10-13-20)14(2)19-11-8-15-4-6-17(18)7-5-15/h4-7,14,16,19H,3,8-13H2,1-2H3. The molecule has 1 aromatic rings. The van der Waals surface area contributed by atoms with Crippen LogP contribution >= 0.6 is 11.6 Å². The normalized spacial score (nSPS) is 19.1. The largest absolute Gasteiger partial charge is 0.314 e. The molecule has 0 aromatic heterocycles. The van der Waals surface area contributed by atoms with E-state index in [1.165, 1.54) is 38.0 Å². The summed E-state index contributed by atoms with van der Waals surface area (Å²) >= 11 is 5.90. The lowest BCUT2D eigenvalue weighted by atomic mass is 9.90. The van der Waals surface area contributed by atoms with Crippen molar-refractivity contribution in [3.63, 3.8) is 0 Å². The molecule has 1 aliphatic heterocycles. The van der Waals surface area contributed by atoms with Gasteiger partial charge in [0.05, 0.1) is 0 Å². The highest BCUT2D eigenvalue weighted by atomic mass is 35.5. The summed E-state index contributed by atoms with van der Waals surface area (Å²) in [5.41, 5.74) is 1.36. The van der Waals surface area contributed by atoms with Gasteiger partial charge in [0.1, 0.15) is 0 Å². The Morgan fingerprint density at radius 2 is 1.90 bits per heavy atom. The van der Waals surface area contributed by atoms with Crippen LogP contribution in [0.5, 0.6) is 0 Å². The second kappa shape index (κ2) is 8.02. The van der Waals surface area contributed by atoms with Crippen LogP contribution in [-0.4, -0.2) is 37.1 Å². The molecule has 20 heavy (non-hydrogen) atoms. The summed E-state index contributed by atoms with van der Waals surface area (Å²) in [5.74, 6) is 0.836. The summed E-state index contributed by atoms with van der Waals surface area (Å²) in [5, 5.41) is 4.51. The van der Waals surface area contributed by atoms with Crippen molar-refractivity contribution in [2.75, 3.05) is 26.2 Å². The zero-order valence-corrected chi connectivity index (χ0v) is 13.5. The van der Waals surface area contributed by atoms with Crippen molar-refractivity contribution < 1.29 is 0 Å². The first-order valence-corrected chi connectivity index (χ1v) is 8.27. The predicted molar refractivity (Wildman–Crippen MR) is 87.5 cm³/mol. The third-order valence-corrected chi connectivity index (χ3v) is 4.83. The average molecular weight is 295 g/mol. The zero-order chi connectivity index (χ0) is 14.4. The van der Waals surface area contributed by atoms with E-state index < -0.39 is 0 Å². The lowest BCUT2D eigenvalue weighted by molar-refractivity contribution is 0.169. The predicted octanol–water partition coefficient (Wildman–Crippen LogP) is 3.59. The molecule has 1 fully saturated rings. The Bertz CT molecular complexity index is 382. The molecule has 2 rings (SSSR count). The lowest BCUT2D eigenvalue weighted by Crippen LogP contribution is -2.42. The van der Waals surface area contributed by atoms with Crippen molar-refractivity contribution in [2.24, 2.45) is 5.92 Å². The summed E-state index contributed by atoms with van der Waals surface area (Å²) in [7, 11) is 0. The van der Waals surface area contributed by atoms with E-state index in [1.54, 1.807) is 0 Å². The molecule has 2 nitrogen and oxygen atoms in total. The Labute approximate surface area is 128 Å². The van der Waals surface area contributed by atoms with Crippen LogP contribution in [0.25, 0.3) is 0 Å². The molecule has 0 spiro atoms. The monoisotopic (exact) mass is 294 g/mol. The molecule has 0 radical (unpaired) electrons. The minimum atomic E-state index is 0.626. The quantitative estimate of drug-likeness (QED) is 0.862. The number of halogens is 1. The lowest BCUT2D eigenvalue weighted by Gasteiger charge is -2.34. The Kier molecular flexibility index (Phi) is 6.34. The van der Waals surface area contributed by atoms with Crippen molar-refractivity contribution in [3.8, 4) is 0 Å². The molecular formula is C17H27ClN2. The average Bonchev–Trinajstić information content (AvgIpc) is 2.49. The third kappa shape index (κ3) is 4.76. The number of hydrogen-bond donors (Lipinski definition) is 1. The first kappa shape index (κ1) is 15.8. The summed E-state index contributed by atoms with van der Waals surface area (Å²) in [6.45, 7) is 9.39. The Morgan fingerprint density at radius 3 is 2.50 bits per heavy atom. The van der Waals surface area contributed by atoms with Gasteiger partial charge in [-0.05, 0) is 76.0 Å². The number of piperidine rings is 1. The number of hydrogen-bond acceptors (Lipinski definition) is 2. The maximum Gasteiger partial charge on any atom is 0.0406 e. The first-order chi connectivity index (χ1) is 9.69. The molecule has 1 heterocycles. The van der Waals surface area contributed by atoms with Crippen LogP contribution in [0.15, 0.2) is 24.3 Å². The van der Waals surface area contributed by atoms with Gasteiger partial charge in [-0.1, -0.05) is 30.7 Å². The van der Waals surface area contributed by atoms with Crippen LogP contribution in [0.2, 0.25) is 5.02 Å². The second-order valence-electron chi connectivity index (χ2n) is 5.89. The van der Waals surface area contributed by atoms with E-state index in [9.17, 15) is 0 Å². The smallest absolute Gasteiger partial charge is 0.0406 e. The molecule has 3 heteroatoms. The van der Waals surface area contributed by atoms with Gasteiger partial charge in [-0.3, -0.25) is 0 Å². The highest BCUT2D eigenvalue weighted by molar-refractivity contribution is 6.30. The first-order valence-electron chi connectivity index (χ1n) is 7.89. The summed E-state index contributed by atoms with van der Waals surface area (Å²) in [6.07, 6.45) is 3.75. The molecule has 1 unspecified atom stereocenters. The molecule has 0 aliphatic carbocycles. The van der Waals surface area contributed by atoms with E-state index in [1.807, 2.05) is 12.1 Å². The molecule has 1 saturated heterocycles. The van der Waals surface area contributed by atoms with E-state index in [-0.39, 0.29) is 0 Å². The number of likely N-dealkylation sites (tertiary alicyclic amines) is 1.